The fourth-order valence-corrected chi connectivity index (χ4v) is 1.93. The molecule has 1 rings (SSSR count). The Morgan fingerprint density at radius 2 is 2.13 bits per heavy atom. The van der Waals surface area contributed by atoms with Gasteiger partial charge < -0.3 is 5.32 Å². The van der Waals surface area contributed by atoms with Crippen molar-refractivity contribution in [1.82, 2.24) is 5.32 Å². The van der Waals surface area contributed by atoms with Gasteiger partial charge in [-0.25, -0.2) is 12.8 Å². The number of benzene rings is 1. The molecule has 0 heterocycles. The van der Waals surface area contributed by atoms with Crippen molar-refractivity contribution in [2.75, 3.05) is 13.1 Å². The number of rotatable bonds is 4. The standard InChI is InChI=1S/C10H14FNO2S/c1-8(12-2)9-4-3-5-10(6-9)15(13,14)7-11/h3-6,8,12H,7H2,1-2H3. The molecule has 5 heteroatoms. The molecular formula is C10H14FNO2S. The van der Waals surface area contributed by atoms with Crippen molar-refractivity contribution < 1.29 is 12.8 Å². The summed E-state index contributed by atoms with van der Waals surface area (Å²) < 4.78 is 34.8. The molecule has 0 saturated heterocycles. The highest BCUT2D eigenvalue weighted by Crippen LogP contribution is 2.18. The van der Waals surface area contributed by atoms with Crippen molar-refractivity contribution in [3.63, 3.8) is 0 Å². The van der Waals surface area contributed by atoms with Crippen LogP contribution in [-0.4, -0.2) is 21.5 Å². The second-order valence-electron chi connectivity index (χ2n) is 3.31. The molecular weight excluding hydrogens is 217 g/mol. The molecule has 15 heavy (non-hydrogen) atoms. The highest BCUT2D eigenvalue weighted by Gasteiger charge is 2.14. The van der Waals surface area contributed by atoms with E-state index in [1.165, 1.54) is 12.1 Å². The summed E-state index contributed by atoms with van der Waals surface area (Å²) in [6.07, 6.45) is 0. The average Bonchev–Trinajstić information content (AvgIpc) is 2.28. The molecule has 0 amide bonds. The fraction of sp³-hybridized carbons (Fsp3) is 0.400. The topological polar surface area (TPSA) is 46.2 Å². The Bertz CT molecular complexity index is 431. The van der Waals surface area contributed by atoms with E-state index in [-0.39, 0.29) is 10.9 Å². The maximum absolute atomic E-state index is 12.3. The maximum atomic E-state index is 12.3. The highest BCUT2D eigenvalue weighted by atomic mass is 32.2. The molecule has 0 bridgehead atoms. The molecule has 0 aliphatic heterocycles. The minimum Gasteiger partial charge on any atom is -0.313 e. The first kappa shape index (κ1) is 12.1. The van der Waals surface area contributed by atoms with E-state index in [9.17, 15) is 12.8 Å². The lowest BCUT2D eigenvalue weighted by molar-refractivity contribution is 0.534. The Balaban J connectivity index is 3.14. The molecule has 1 aromatic carbocycles. The highest BCUT2D eigenvalue weighted by molar-refractivity contribution is 7.91. The monoisotopic (exact) mass is 231 g/mol. The van der Waals surface area contributed by atoms with Crippen molar-refractivity contribution in [3.05, 3.63) is 29.8 Å². The van der Waals surface area contributed by atoms with E-state index >= 15 is 0 Å². The summed E-state index contributed by atoms with van der Waals surface area (Å²) in [5.41, 5.74) is 0.826. The van der Waals surface area contributed by atoms with Crippen LogP contribution in [-0.2, 0) is 9.84 Å². The van der Waals surface area contributed by atoms with Gasteiger partial charge in [-0.2, -0.15) is 0 Å². The van der Waals surface area contributed by atoms with Gasteiger partial charge in [-0.15, -0.1) is 0 Å². The van der Waals surface area contributed by atoms with Crippen molar-refractivity contribution in [3.8, 4) is 0 Å². The summed E-state index contributed by atoms with van der Waals surface area (Å²) >= 11 is 0. The van der Waals surface area contributed by atoms with E-state index in [2.05, 4.69) is 5.32 Å². The molecule has 1 aromatic rings. The predicted octanol–water partition coefficient (Wildman–Crippen LogP) is 1.67. The zero-order chi connectivity index (χ0) is 11.5. The predicted molar refractivity (Wildman–Crippen MR) is 57.1 cm³/mol. The summed E-state index contributed by atoms with van der Waals surface area (Å²) in [4.78, 5) is 0.0320. The summed E-state index contributed by atoms with van der Waals surface area (Å²) in [6, 6.07) is 5.01. The van der Waals surface area contributed by atoms with Crippen LogP contribution >= 0.6 is 0 Å². The molecule has 3 nitrogen and oxygen atoms in total. The summed E-state index contributed by atoms with van der Waals surface area (Å²) in [6.45, 7) is 1.90. The Hall–Kier alpha value is -0.940. The van der Waals surface area contributed by atoms with E-state index in [0.717, 1.165) is 5.56 Å². The van der Waals surface area contributed by atoms with Crippen LogP contribution in [0.5, 0.6) is 0 Å². The van der Waals surface area contributed by atoms with Gasteiger partial charge in [0.15, 0.2) is 6.01 Å². The smallest absolute Gasteiger partial charge is 0.207 e. The average molecular weight is 231 g/mol. The maximum Gasteiger partial charge on any atom is 0.207 e. The number of sulfone groups is 1. The van der Waals surface area contributed by atoms with Gasteiger partial charge in [-0.05, 0) is 31.7 Å². The molecule has 84 valence electrons. The van der Waals surface area contributed by atoms with Crippen molar-refractivity contribution >= 4 is 9.84 Å². The minimum atomic E-state index is -3.76. The molecule has 0 aromatic heterocycles. The lowest BCUT2D eigenvalue weighted by Gasteiger charge is -2.11. The first-order valence-electron chi connectivity index (χ1n) is 4.57. The minimum absolute atomic E-state index is 0.0320. The number of nitrogens with one attached hydrogen (secondary N) is 1. The van der Waals surface area contributed by atoms with Crippen LogP contribution in [0.3, 0.4) is 0 Å². The van der Waals surface area contributed by atoms with Crippen LogP contribution in [0.1, 0.15) is 18.5 Å². The number of hydrogen-bond donors (Lipinski definition) is 1. The molecule has 1 unspecified atom stereocenters. The van der Waals surface area contributed by atoms with E-state index in [1.54, 1.807) is 19.2 Å². The van der Waals surface area contributed by atoms with E-state index in [4.69, 9.17) is 0 Å². The van der Waals surface area contributed by atoms with Gasteiger partial charge in [0, 0.05) is 6.04 Å². The Morgan fingerprint density at radius 3 is 2.67 bits per heavy atom. The van der Waals surface area contributed by atoms with Crippen LogP contribution in [0.15, 0.2) is 29.2 Å². The van der Waals surface area contributed by atoms with Gasteiger partial charge in [0.1, 0.15) is 0 Å². The molecule has 0 aliphatic carbocycles. The van der Waals surface area contributed by atoms with Crippen LogP contribution in [0.4, 0.5) is 4.39 Å². The van der Waals surface area contributed by atoms with Crippen LogP contribution in [0.2, 0.25) is 0 Å². The fourth-order valence-electron chi connectivity index (χ4n) is 1.21. The number of hydrogen-bond acceptors (Lipinski definition) is 3. The Labute approximate surface area is 89.2 Å². The van der Waals surface area contributed by atoms with Gasteiger partial charge in [0.05, 0.1) is 4.90 Å². The molecule has 0 saturated carbocycles. The zero-order valence-corrected chi connectivity index (χ0v) is 9.51. The van der Waals surface area contributed by atoms with Crippen LogP contribution < -0.4 is 5.32 Å². The number of halogens is 1. The lowest BCUT2D eigenvalue weighted by Crippen LogP contribution is -2.13. The normalized spacial score (nSPS) is 13.8. The summed E-state index contributed by atoms with van der Waals surface area (Å²) in [7, 11) is -1.98. The SMILES string of the molecule is CNC(C)c1cccc(S(=O)(=O)CF)c1. The van der Waals surface area contributed by atoms with E-state index in [1.807, 2.05) is 6.92 Å². The Morgan fingerprint density at radius 1 is 1.47 bits per heavy atom. The van der Waals surface area contributed by atoms with E-state index in [0.29, 0.717) is 0 Å². The van der Waals surface area contributed by atoms with Crippen LogP contribution in [0, 0.1) is 0 Å². The third-order valence-corrected chi connectivity index (χ3v) is 3.55. The van der Waals surface area contributed by atoms with Crippen molar-refractivity contribution in [2.45, 2.75) is 17.9 Å². The second kappa shape index (κ2) is 4.72. The first-order chi connectivity index (χ1) is 7.01. The lowest BCUT2D eigenvalue weighted by atomic mass is 10.1. The molecule has 0 fully saturated rings. The summed E-state index contributed by atoms with van der Waals surface area (Å²) in [5, 5.41) is 2.99. The van der Waals surface area contributed by atoms with Gasteiger partial charge in [0.25, 0.3) is 0 Å². The Kier molecular flexibility index (Phi) is 3.82. The van der Waals surface area contributed by atoms with Gasteiger partial charge in [-0.1, -0.05) is 12.1 Å². The van der Waals surface area contributed by atoms with Crippen molar-refractivity contribution in [1.29, 1.82) is 0 Å². The third kappa shape index (κ3) is 2.76. The van der Waals surface area contributed by atoms with Gasteiger partial charge >= 0.3 is 0 Å². The quantitative estimate of drug-likeness (QED) is 0.857. The van der Waals surface area contributed by atoms with E-state index < -0.39 is 15.8 Å². The molecule has 0 radical (unpaired) electrons. The molecule has 1 atom stereocenters. The zero-order valence-electron chi connectivity index (χ0n) is 8.70. The first-order valence-corrected chi connectivity index (χ1v) is 6.22. The third-order valence-electron chi connectivity index (χ3n) is 2.29. The largest absolute Gasteiger partial charge is 0.313 e. The molecule has 0 aliphatic rings. The summed E-state index contributed by atoms with van der Waals surface area (Å²) in [5.74, 6) is 0. The molecule has 1 N–H and O–H groups in total. The second-order valence-corrected chi connectivity index (χ2v) is 5.23. The number of alkyl halides is 1. The van der Waals surface area contributed by atoms with Gasteiger partial charge in [0.2, 0.25) is 9.84 Å². The van der Waals surface area contributed by atoms with Gasteiger partial charge in [-0.3, -0.25) is 0 Å². The van der Waals surface area contributed by atoms with Crippen LogP contribution in [0.25, 0.3) is 0 Å². The molecule has 0 spiro atoms. The van der Waals surface area contributed by atoms with Crippen molar-refractivity contribution in [2.24, 2.45) is 0 Å².